The minimum atomic E-state index is -1.37. The van der Waals surface area contributed by atoms with Crippen LogP contribution in [0.4, 0.5) is 0 Å². The van der Waals surface area contributed by atoms with E-state index >= 15 is 0 Å². The fourth-order valence-electron chi connectivity index (χ4n) is 2.41. The van der Waals surface area contributed by atoms with Crippen molar-refractivity contribution in [1.29, 1.82) is 0 Å². The molecule has 1 fully saturated rings. The molecule has 0 spiro atoms. The quantitative estimate of drug-likeness (QED) is 0.418. The molecule has 3 heterocycles. The maximum Gasteiger partial charge on any atom is 0.374 e. The van der Waals surface area contributed by atoms with Gasteiger partial charge in [0.15, 0.2) is 17.4 Å². The van der Waals surface area contributed by atoms with Crippen LogP contribution in [0.15, 0.2) is 17.4 Å². The normalized spacial score (nSPS) is 26.6. The van der Waals surface area contributed by atoms with Crippen LogP contribution in [0.1, 0.15) is 13.2 Å². The number of ether oxygens (including phenoxy) is 2. The first-order chi connectivity index (χ1) is 11.4. The van der Waals surface area contributed by atoms with E-state index in [0.29, 0.717) is 0 Å². The van der Waals surface area contributed by atoms with E-state index in [9.17, 15) is 24.6 Å². The SMILES string of the molecule is CC(=O)C(=O)OC[C@H]1O[C@@H](n2cnc3c(=O)[nH]cnc32)[C@H](O)[C@@H]1O. The number of rotatable bonds is 4. The second-order valence-corrected chi connectivity index (χ2v) is 5.26. The number of imidazole rings is 1. The highest BCUT2D eigenvalue weighted by molar-refractivity contribution is 6.32. The second kappa shape index (κ2) is 6.11. The van der Waals surface area contributed by atoms with E-state index in [2.05, 4.69) is 15.0 Å². The van der Waals surface area contributed by atoms with Crippen LogP contribution in [0.2, 0.25) is 0 Å². The van der Waals surface area contributed by atoms with Gasteiger partial charge in [0.1, 0.15) is 24.9 Å². The zero-order valence-corrected chi connectivity index (χ0v) is 12.4. The average molecular weight is 338 g/mol. The monoisotopic (exact) mass is 338 g/mol. The van der Waals surface area contributed by atoms with Crippen molar-refractivity contribution in [3.63, 3.8) is 0 Å². The van der Waals surface area contributed by atoms with Crippen molar-refractivity contribution in [2.24, 2.45) is 0 Å². The number of nitrogens with one attached hydrogen (secondary N) is 1. The summed E-state index contributed by atoms with van der Waals surface area (Å²) in [4.78, 5) is 43.9. The summed E-state index contributed by atoms with van der Waals surface area (Å²) in [5, 5.41) is 20.2. The molecular formula is C13H14N4O7. The summed E-state index contributed by atoms with van der Waals surface area (Å²) in [5.41, 5.74) is -0.246. The van der Waals surface area contributed by atoms with Crippen molar-refractivity contribution >= 4 is 22.9 Å². The van der Waals surface area contributed by atoms with Crippen molar-refractivity contribution in [2.45, 2.75) is 31.5 Å². The van der Waals surface area contributed by atoms with Crippen molar-refractivity contribution in [1.82, 2.24) is 19.5 Å². The Bertz CT molecular complexity index is 844. The zero-order valence-electron chi connectivity index (χ0n) is 12.4. The zero-order chi connectivity index (χ0) is 17.4. The molecule has 11 heteroatoms. The summed E-state index contributed by atoms with van der Waals surface area (Å²) in [7, 11) is 0. The molecule has 3 N–H and O–H groups in total. The Morgan fingerprint density at radius 3 is 2.83 bits per heavy atom. The summed E-state index contributed by atoms with van der Waals surface area (Å²) in [5.74, 6) is -1.85. The Morgan fingerprint density at radius 2 is 2.12 bits per heavy atom. The molecule has 0 radical (unpaired) electrons. The molecule has 128 valence electrons. The molecule has 0 unspecified atom stereocenters. The minimum absolute atomic E-state index is 0.0502. The van der Waals surface area contributed by atoms with Crippen LogP contribution in [0.3, 0.4) is 0 Å². The first-order valence-corrected chi connectivity index (χ1v) is 6.99. The fourth-order valence-corrected chi connectivity index (χ4v) is 2.41. The number of aromatic amines is 1. The molecule has 11 nitrogen and oxygen atoms in total. The molecule has 24 heavy (non-hydrogen) atoms. The van der Waals surface area contributed by atoms with Gasteiger partial charge in [-0.2, -0.15) is 0 Å². The minimum Gasteiger partial charge on any atom is -0.457 e. The lowest BCUT2D eigenvalue weighted by Crippen LogP contribution is -2.35. The predicted molar refractivity (Wildman–Crippen MR) is 75.7 cm³/mol. The summed E-state index contributed by atoms with van der Waals surface area (Å²) >= 11 is 0. The first kappa shape index (κ1) is 16.2. The number of nitrogens with zero attached hydrogens (tertiary/aromatic N) is 3. The molecule has 0 saturated carbocycles. The van der Waals surface area contributed by atoms with Crippen molar-refractivity contribution in [2.75, 3.05) is 6.61 Å². The van der Waals surface area contributed by atoms with Gasteiger partial charge in [0, 0.05) is 6.92 Å². The molecule has 2 aromatic rings. The Balaban J connectivity index is 1.82. The molecule has 2 aromatic heterocycles. The number of esters is 1. The molecule has 0 aromatic carbocycles. The van der Waals surface area contributed by atoms with Gasteiger partial charge in [-0.3, -0.25) is 14.2 Å². The fraction of sp³-hybridized carbons (Fsp3) is 0.462. The number of hydrogen-bond donors (Lipinski definition) is 3. The van der Waals surface area contributed by atoms with E-state index in [1.54, 1.807) is 0 Å². The number of H-pyrrole nitrogens is 1. The third kappa shape index (κ3) is 2.68. The number of carbonyl (C=O) groups is 2. The standard InChI is InChI=1S/C13H14N4O7/c1-5(18)13(22)23-2-6-8(19)9(20)12(24-6)17-4-16-7-10(17)14-3-15-11(7)21/h3-4,6,8-9,12,19-20H,2H2,1H3,(H,14,15,21)/t6-,8-,9-,12-/m1/s1. The van der Waals surface area contributed by atoms with Crippen LogP contribution >= 0.6 is 0 Å². The number of Topliss-reactive ketones (excluding diaryl/α,β-unsaturated/α-hetero) is 1. The van der Waals surface area contributed by atoms with E-state index in [1.807, 2.05) is 0 Å². The summed E-state index contributed by atoms with van der Waals surface area (Å²) in [6.45, 7) is 0.639. The molecule has 1 aliphatic rings. The lowest BCUT2D eigenvalue weighted by molar-refractivity contribution is -0.157. The van der Waals surface area contributed by atoms with E-state index in [-0.39, 0.29) is 11.2 Å². The van der Waals surface area contributed by atoms with Crippen LogP contribution in [0, 0.1) is 0 Å². The second-order valence-electron chi connectivity index (χ2n) is 5.26. The van der Waals surface area contributed by atoms with Gasteiger partial charge in [0.2, 0.25) is 5.78 Å². The maximum absolute atomic E-state index is 11.6. The lowest BCUT2D eigenvalue weighted by atomic mass is 10.1. The maximum atomic E-state index is 11.6. The summed E-state index contributed by atoms with van der Waals surface area (Å²) in [6, 6.07) is 0. The van der Waals surface area contributed by atoms with Gasteiger partial charge >= 0.3 is 5.97 Å². The van der Waals surface area contributed by atoms with Crippen LogP contribution < -0.4 is 5.56 Å². The molecule has 3 rings (SSSR count). The van der Waals surface area contributed by atoms with Crippen LogP contribution in [0.25, 0.3) is 11.2 Å². The van der Waals surface area contributed by atoms with Crippen molar-refractivity contribution in [3.8, 4) is 0 Å². The lowest BCUT2D eigenvalue weighted by Gasteiger charge is -2.16. The average Bonchev–Trinajstić information content (AvgIpc) is 3.09. The highest BCUT2D eigenvalue weighted by Gasteiger charge is 2.45. The molecule has 0 amide bonds. The molecule has 0 bridgehead atoms. The predicted octanol–water partition coefficient (Wildman–Crippen LogP) is -2.13. The van der Waals surface area contributed by atoms with Gasteiger partial charge in [0.05, 0.1) is 12.7 Å². The van der Waals surface area contributed by atoms with Gasteiger partial charge < -0.3 is 24.7 Å². The van der Waals surface area contributed by atoms with E-state index in [0.717, 1.165) is 6.92 Å². The Kier molecular flexibility index (Phi) is 4.13. The molecule has 1 aliphatic heterocycles. The van der Waals surface area contributed by atoms with Crippen LogP contribution in [-0.4, -0.2) is 66.4 Å². The summed E-state index contributed by atoms with van der Waals surface area (Å²) < 4.78 is 11.5. The highest BCUT2D eigenvalue weighted by atomic mass is 16.6. The van der Waals surface area contributed by atoms with E-state index in [4.69, 9.17) is 9.47 Å². The number of ketones is 1. The summed E-state index contributed by atoms with van der Waals surface area (Å²) in [6.07, 6.45) is -2.45. The van der Waals surface area contributed by atoms with Gasteiger partial charge in [0.25, 0.3) is 5.56 Å². The Morgan fingerprint density at radius 1 is 1.38 bits per heavy atom. The van der Waals surface area contributed by atoms with Crippen molar-refractivity contribution < 1.29 is 29.3 Å². The molecule has 1 saturated heterocycles. The number of carbonyl (C=O) groups excluding carboxylic acids is 2. The van der Waals surface area contributed by atoms with Gasteiger partial charge in [-0.05, 0) is 0 Å². The molecular weight excluding hydrogens is 324 g/mol. The van der Waals surface area contributed by atoms with E-state index in [1.165, 1.54) is 17.2 Å². The molecule has 0 aliphatic carbocycles. The topological polar surface area (TPSA) is 157 Å². The molecule has 4 atom stereocenters. The van der Waals surface area contributed by atoms with Crippen LogP contribution in [0.5, 0.6) is 0 Å². The first-order valence-electron chi connectivity index (χ1n) is 6.99. The Labute approximate surface area is 133 Å². The van der Waals surface area contributed by atoms with Gasteiger partial charge in [-0.25, -0.2) is 14.8 Å². The number of fused-ring (bicyclic) bond motifs is 1. The van der Waals surface area contributed by atoms with Crippen LogP contribution in [-0.2, 0) is 19.1 Å². The van der Waals surface area contributed by atoms with E-state index < -0.39 is 48.5 Å². The number of aliphatic hydroxyl groups is 2. The smallest absolute Gasteiger partial charge is 0.374 e. The van der Waals surface area contributed by atoms with Gasteiger partial charge in [-0.1, -0.05) is 0 Å². The Hall–Kier alpha value is -2.63. The van der Waals surface area contributed by atoms with Crippen molar-refractivity contribution in [3.05, 3.63) is 23.0 Å². The van der Waals surface area contributed by atoms with Gasteiger partial charge in [-0.15, -0.1) is 0 Å². The highest BCUT2D eigenvalue weighted by Crippen LogP contribution is 2.31. The third-order valence-electron chi connectivity index (χ3n) is 3.64. The number of aromatic nitrogens is 4. The number of hydrogen-bond acceptors (Lipinski definition) is 9. The largest absolute Gasteiger partial charge is 0.457 e. The number of aliphatic hydroxyl groups excluding tert-OH is 2. The third-order valence-corrected chi connectivity index (χ3v) is 3.64.